The fourth-order valence-corrected chi connectivity index (χ4v) is 2.20. The van der Waals surface area contributed by atoms with Gasteiger partial charge < -0.3 is 0 Å². The molecule has 0 saturated heterocycles. The summed E-state index contributed by atoms with van der Waals surface area (Å²) in [5.74, 6) is -2.55. The average Bonchev–Trinajstić information content (AvgIpc) is 2.41. The number of hydrogen-bond donors (Lipinski definition) is 0. The quantitative estimate of drug-likeness (QED) is 0.706. The second-order valence-electron chi connectivity index (χ2n) is 3.68. The van der Waals surface area contributed by atoms with Crippen molar-refractivity contribution < 1.29 is 8.78 Å². The third-order valence-electron chi connectivity index (χ3n) is 2.49. The van der Waals surface area contributed by atoms with Crippen molar-refractivity contribution in [2.24, 2.45) is 11.8 Å². The zero-order valence-corrected chi connectivity index (χ0v) is 8.86. The molecule has 2 atom stereocenters. The zero-order chi connectivity index (χ0) is 9.90. The highest BCUT2D eigenvalue weighted by Crippen LogP contribution is 2.41. The minimum atomic E-state index is -2.48. The number of halogens is 3. The topological polar surface area (TPSA) is 23.8 Å². The van der Waals surface area contributed by atoms with E-state index in [9.17, 15) is 8.78 Å². The highest BCUT2D eigenvalue weighted by Gasteiger charge is 2.39. The molecule has 74 valence electrons. The first-order valence-corrected chi connectivity index (χ1v) is 5.53. The normalized spacial score (nSPS) is 28.3. The van der Waals surface area contributed by atoms with E-state index in [0.29, 0.717) is 18.2 Å². The molecule has 0 amide bonds. The number of rotatable bonds is 3. The Morgan fingerprint density at radius 3 is 2.69 bits per heavy atom. The summed E-state index contributed by atoms with van der Waals surface area (Å²) in [6, 6.07) is 2.11. The third kappa shape index (κ3) is 3.22. The van der Waals surface area contributed by atoms with Crippen LogP contribution in [0.25, 0.3) is 0 Å². The second-order valence-corrected chi connectivity index (χ2v) is 4.33. The van der Waals surface area contributed by atoms with E-state index in [1.165, 1.54) is 0 Å². The van der Waals surface area contributed by atoms with Crippen molar-refractivity contribution in [3.8, 4) is 6.07 Å². The second kappa shape index (κ2) is 4.36. The first kappa shape index (κ1) is 10.9. The molecule has 1 fully saturated rings. The average molecular weight is 252 g/mol. The van der Waals surface area contributed by atoms with Gasteiger partial charge in [0.2, 0.25) is 5.92 Å². The molecule has 0 spiro atoms. The fraction of sp³-hybridized carbons (Fsp3) is 0.889. The Morgan fingerprint density at radius 1 is 1.62 bits per heavy atom. The standard InChI is InChI=1S/C9H12BrF2N/c10-5-8(6-13)3-7-1-2-9(11,12)4-7/h7-8H,1-5H2. The van der Waals surface area contributed by atoms with Gasteiger partial charge in [-0.25, -0.2) is 8.78 Å². The van der Waals surface area contributed by atoms with E-state index in [2.05, 4.69) is 22.0 Å². The lowest BCUT2D eigenvalue weighted by Crippen LogP contribution is -2.11. The van der Waals surface area contributed by atoms with Gasteiger partial charge in [0, 0.05) is 18.2 Å². The zero-order valence-electron chi connectivity index (χ0n) is 7.27. The summed E-state index contributed by atoms with van der Waals surface area (Å²) in [6.45, 7) is 0. The van der Waals surface area contributed by atoms with Gasteiger partial charge in [0.25, 0.3) is 0 Å². The molecule has 13 heavy (non-hydrogen) atoms. The minimum Gasteiger partial charge on any atom is -0.207 e. The van der Waals surface area contributed by atoms with Crippen LogP contribution in [-0.4, -0.2) is 11.3 Å². The van der Waals surface area contributed by atoms with Gasteiger partial charge in [-0.15, -0.1) is 0 Å². The lowest BCUT2D eigenvalue weighted by Gasteiger charge is -2.12. The number of hydrogen-bond acceptors (Lipinski definition) is 1. The van der Waals surface area contributed by atoms with Crippen molar-refractivity contribution in [3.05, 3.63) is 0 Å². The summed E-state index contributed by atoms with van der Waals surface area (Å²) < 4.78 is 25.5. The predicted molar refractivity (Wildman–Crippen MR) is 49.8 cm³/mol. The molecule has 0 N–H and O–H groups in total. The van der Waals surface area contributed by atoms with Crippen molar-refractivity contribution in [1.29, 1.82) is 5.26 Å². The van der Waals surface area contributed by atoms with Gasteiger partial charge in [-0.3, -0.25) is 0 Å². The Bertz CT molecular complexity index is 212. The molecular weight excluding hydrogens is 240 g/mol. The largest absolute Gasteiger partial charge is 0.248 e. The summed E-state index contributed by atoms with van der Waals surface area (Å²) in [4.78, 5) is 0. The lowest BCUT2D eigenvalue weighted by molar-refractivity contribution is 0.00443. The molecule has 0 aliphatic heterocycles. The molecule has 1 rings (SSSR count). The molecular formula is C9H12BrF2N. The van der Waals surface area contributed by atoms with Crippen LogP contribution in [0, 0.1) is 23.2 Å². The van der Waals surface area contributed by atoms with Crippen LogP contribution in [0.4, 0.5) is 8.78 Å². The van der Waals surface area contributed by atoms with Crippen LogP contribution in [0.1, 0.15) is 25.7 Å². The summed E-state index contributed by atoms with van der Waals surface area (Å²) in [5.41, 5.74) is 0. The maximum absolute atomic E-state index is 12.8. The van der Waals surface area contributed by atoms with Gasteiger partial charge in [0.05, 0.1) is 12.0 Å². The Hall–Kier alpha value is -0.170. The van der Waals surface area contributed by atoms with Crippen molar-refractivity contribution in [3.63, 3.8) is 0 Å². The maximum atomic E-state index is 12.8. The van der Waals surface area contributed by atoms with E-state index in [1.54, 1.807) is 0 Å². The monoisotopic (exact) mass is 251 g/mol. The van der Waals surface area contributed by atoms with Gasteiger partial charge in [0.1, 0.15) is 0 Å². The Kier molecular flexibility index (Phi) is 3.66. The van der Waals surface area contributed by atoms with Gasteiger partial charge in [-0.05, 0) is 18.8 Å². The molecule has 4 heteroatoms. The Morgan fingerprint density at radius 2 is 2.31 bits per heavy atom. The molecule has 2 unspecified atom stereocenters. The summed E-state index contributed by atoms with van der Waals surface area (Å²) in [7, 11) is 0. The smallest absolute Gasteiger partial charge is 0.207 e. The van der Waals surface area contributed by atoms with E-state index in [0.717, 1.165) is 0 Å². The molecule has 0 aromatic carbocycles. The van der Waals surface area contributed by atoms with Crippen LogP contribution in [0.3, 0.4) is 0 Å². The molecule has 0 aromatic rings. The van der Waals surface area contributed by atoms with Gasteiger partial charge in [-0.1, -0.05) is 15.9 Å². The van der Waals surface area contributed by atoms with E-state index < -0.39 is 5.92 Å². The van der Waals surface area contributed by atoms with Crippen LogP contribution < -0.4 is 0 Å². The SMILES string of the molecule is N#CC(CBr)CC1CCC(F)(F)C1. The lowest BCUT2D eigenvalue weighted by atomic mass is 9.95. The first-order valence-electron chi connectivity index (χ1n) is 4.41. The van der Waals surface area contributed by atoms with Gasteiger partial charge >= 0.3 is 0 Å². The first-order chi connectivity index (χ1) is 6.07. The summed E-state index contributed by atoms with van der Waals surface area (Å²) in [6.07, 6.45) is 1.14. The predicted octanol–water partition coefficient (Wildman–Crippen LogP) is 3.35. The van der Waals surface area contributed by atoms with E-state index in [1.807, 2.05) is 0 Å². The minimum absolute atomic E-state index is 0.00188. The van der Waals surface area contributed by atoms with Crippen LogP contribution in [0.15, 0.2) is 0 Å². The molecule has 0 heterocycles. The fourth-order valence-electron chi connectivity index (χ4n) is 1.80. The maximum Gasteiger partial charge on any atom is 0.248 e. The van der Waals surface area contributed by atoms with Crippen molar-refractivity contribution in [2.45, 2.75) is 31.6 Å². The van der Waals surface area contributed by atoms with Crippen LogP contribution in [0.2, 0.25) is 0 Å². The van der Waals surface area contributed by atoms with Gasteiger partial charge in [-0.2, -0.15) is 5.26 Å². The molecule has 1 aliphatic rings. The van der Waals surface area contributed by atoms with E-state index >= 15 is 0 Å². The van der Waals surface area contributed by atoms with E-state index in [4.69, 9.17) is 5.26 Å². The number of nitrogens with zero attached hydrogens (tertiary/aromatic N) is 1. The molecule has 1 aliphatic carbocycles. The molecule has 1 saturated carbocycles. The molecule has 1 nitrogen and oxygen atoms in total. The van der Waals surface area contributed by atoms with Crippen LogP contribution in [0.5, 0.6) is 0 Å². The van der Waals surface area contributed by atoms with Crippen molar-refractivity contribution in [1.82, 2.24) is 0 Å². The summed E-state index contributed by atoms with van der Waals surface area (Å²) >= 11 is 3.20. The van der Waals surface area contributed by atoms with Crippen LogP contribution >= 0.6 is 15.9 Å². The van der Waals surface area contributed by atoms with Gasteiger partial charge in [0.15, 0.2) is 0 Å². The van der Waals surface area contributed by atoms with Crippen molar-refractivity contribution in [2.75, 3.05) is 5.33 Å². The molecule has 0 radical (unpaired) electrons. The highest BCUT2D eigenvalue weighted by atomic mass is 79.9. The summed E-state index contributed by atoms with van der Waals surface area (Å²) in [5, 5.41) is 9.24. The highest BCUT2D eigenvalue weighted by molar-refractivity contribution is 9.09. The van der Waals surface area contributed by atoms with Crippen molar-refractivity contribution >= 4 is 15.9 Å². The Balaban J connectivity index is 2.36. The number of alkyl halides is 3. The molecule has 0 bridgehead atoms. The van der Waals surface area contributed by atoms with E-state index in [-0.39, 0.29) is 24.7 Å². The van der Waals surface area contributed by atoms with Crippen LogP contribution in [-0.2, 0) is 0 Å². The Labute approximate surface area is 85.2 Å². The number of nitriles is 1. The third-order valence-corrected chi connectivity index (χ3v) is 3.27. The molecule has 0 aromatic heterocycles.